The molecule has 2 bridgehead atoms. The summed E-state index contributed by atoms with van der Waals surface area (Å²) in [6.07, 6.45) is 7.52. The highest BCUT2D eigenvalue weighted by Crippen LogP contribution is 2.43. The molecule has 2 aromatic heterocycles. The minimum Gasteiger partial charge on any atom is -0.366 e. The fourth-order valence-corrected chi connectivity index (χ4v) is 5.44. The topological polar surface area (TPSA) is 53.6 Å². The van der Waals surface area contributed by atoms with Gasteiger partial charge in [0.15, 0.2) is 5.82 Å². The largest absolute Gasteiger partial charge is 0.366 e. The fraction of sp³-hybridized carbons (Fsp3) is 0.333. The highest BCUT2D eigenvalue weighted by atomic mass is 19.1. The van der Waals surface area contributed by atoms with Crippen LogP contribution in [0.3, 0.4) is 0 Å². The highest BCUT2D eigenvalue weighted by molar-refractivity contribution is 5.97. The van der Waals surface area contributed by atoms with E-state index < -0.39 is 11.6 Å². The van der Waals surface area contributed by atoms with Crippen molar-refractivity contribution < 1.29 is 13.2 Å². The van der Waals surface area contributed by atoms with Crippen LogP contribution in [0.25, 0.3) is 33.2 Å². The molecule has 2 aromatic carbocycles. The number of anilines is 1. The average molecular weight is 422 g/mol. The van der Waals surface area contributed by atoms with Gasteiger partial charge in [-0.15, -0.1) is 0 Å². The Bertz CT molecular complexity index is 1310. The molecule has 0 spiro atoms. The Morgan fingerprint density at radius 1 is 0.968 bits per heavy atom. The van der Waals surface area contributed by atoms with Crippen molar-refractivity contribution in [2.75, 3.05) is 5.32 Å². The second-order valence-electron chi connectivity index (χ2n) is 8.81. The van der Waals surface area contributed by atoms with Gasteiger partial charge >= 0.3 is 0 Å². The normalized spacial score (nSPS) is 23.0. The number of hydrogen-bond acceptors (Lipinski definition) is 3. The third-order valence-electron chi connectivity index (χ3n) is 6.99. The average Bonchev–Trinajstić information content (AvgIpc) is 3.19. The summed E-state index contributed by atoms with van der Waals surface area (Å²) in [6, 6.07) is 7.09. The summed E-state index contributed by atoms with van der Waals surface area (Å²) in [7, 11) is 0. The Kier molecular flexibility index (Phi) is 4.20. The first-order valence-electron chi connectivity index (χ1n) is 10.8. The van der Waals surface area contributed by atoms with Gasteiger partial charge in [-0.25, -0.2) is 23.1 Å². The minimum atomic E-state index is -0.676. The van der Waals surface area contributed by atoms with E-state index in [1.807, 2.05) is 0 Å². The number of fused-ring (bicyclic) bond motifs is 5. The predicted octanol–water partition coefficient (Wildman–Crippen LogP) is 6.19. The van der Waals surface area contributed by atoms with Crippen molar-refractivity contribution in [3.05, 3.63) is 54.0 Å². The maximum atomic E-state index is 14.8. The molecule has 0 saturated heterocycles. The Balaban J connectivity index is 1.51. The summed E-state index contributed by atoms with van der Waals surface area (Å²) in [4.78, 5) is 12.0. The van der Waals surface area contributed by atoms with E-state index in [0.29, 0.717) is 45.3 Å². The maximum Gasteiger partial charge on any atom is 0.164 e. The highest BCUT2D eigenvalue weighted by Gasteiger charge is 2.36. The number of H-pyrrole nitrogens is 1. The lowest BCUT2D eigenvalue weighted by Gasteiger charge is -2.43. The molecule has 3 aliphatic carbocycles. The first-order chi connectivity index (χ1) is 15.1. The SMILES string of the molecule is Fc1cc(F)c2[nH]cc(-c3nc(NC4CC5CCC4CC5)c4c(F)cccc4n3)c2c1. The predicted molar refractivity (Wildman–Crippen MR) is 114 cm³/mol. The zero-order valence-corrected chi connectivity index (χ0v) is 16.8. The van der Waals surface area contributed by atoms with Crippen molar-refractivity contribution in [3.8, 4) is 11.4 Å². The van der Waals surface area contributed by atoms with Crippen molar-refractivity contribution in [1.29, 1.82) is 0 Å². The second-order valence-corrected chi connectivity index (χ2v) is 8.81. The Morgan fingerprint density at radius 3 is 2.58 bits per heavy atom. The molecule has 3 saturated carbocycles. The van der Waals surface area contributed by atoms with Crippen molar-refractivity contribution >= 4 is 27.6 Å². The molecule has 7 rings (SSSR count). The third-order valence-corrected chi connectivity index (χ3v) is 6.99. The summed E-state index contributed by atoms with van der Waals surface area (Å²) in [5.41, 5.74) is 1.13. The molecule has 4 aromatic rings. The van der Waals surface area contributed by atoms with Gasteiger partial charge in [0.05, 0.1) is 16.4 Å². The molecule has 1 atom stereocenters. The van der Waals surface area contributed by atoms with Crippen molar-refractivity contribution in [3.63, 3.8) is 0 Å². The zero-order valence-electron chi connectivity index (χ0n) is 16.8. The standard InChI is InChI=1S/C24H21F3N4/c25-14-9-15-16(11-28-22(15)18(27)10-14)23-29-19-3-1-2-17(26)21(19)24(31-23)30-20-8-12-4-6-13(20)7-5-12/h1-3,9-13,20,28H,4-8H2,(H,29,30,31). The molecule has 158 valence electrons. The number of halogens is 3. The van der Waals surface area contributed by atoms with Crippen LogP contribution >= 0.6 is 0 Å². The van der Waals surface area contributed by atoms with E-state index in [9.17, 15) is 13.2 Å². The molecule has 0 amide bonds. The zero-order chi connectivity index (χ0) is 21.1. The quantitative estimate of drug-likeness (QED) is 0.414. The molecule has 4 nitrogen and oxygen atoms in total. The number of aromatic amines is 1. The first-order valence-corrected chi connectivity index (χ1v) is 10.8. The number of hydrogen-bond donors (Lipinski definition) is 2. The van der Waals surface area contributed by atoms with Crippen molar-refractivity contribution in [1.82, 2.24) is 15.0 Å². The molecule has 3 aliphatic rings. The van der Waals surface area contributed by atoms with E-state index in [2.05, 4.69) is 20.3 Å². The molecule has 0 aliphatic heterocycles. The summed E-state index contributed by atoms with van der Waals surface area (Å²) in [6.45, 7) is 0. The molecule has 2 N–H and O–H groups in total. The Labute approximate surface area is 176 Å². The third kappa shape index (κ3) is 3.06. The lowest BCUT2D eigenvalue weighted by molar-refractivity contribution is 0.157. The monoisotopic (exact) mass is 422 g/mol. The Morgan fingerprint density at radius 2 is 1.81 bits per heavy atom. The number of rotatable bonds is 3. The minimum absolute atomic E-state index is 0.193. The van der Waals surface area contributed by atoms with Crippen LogP contribution < -0.4 is 5.32 Å². The van der Waals surface area contributed by atoms with Gasteiger partial charge in [-0.05, 0) is 49.3 Å². The first kappa shape index (κ1) is 18.7. The number of nitrogens with zero attached hydrogens (tertiary/aromatic N) is 2. The second kappa shape index (κ2) is 6.97. The molecule has 2 heterocycles. The van der Waals surface area contributed by atoms with Gasteiger partial charge in [-0.1, -0.05) is 18.9 Å². The van der Waals surface area contributed by atoms with Gasteiger partial charge in [0.1, 0.15) is 23.3 Å². The van der Waals surface area contributed by atoms with E-state index in [0.717, 1.165) is 12.5 Å². The molecule has 7 heteroatoms. The van der Waals surface area contributed by atoms with Crippen LogP contribution in [0.4, 0.5) is 19.0 Å². The summed E-state index contributed by atoms with van der Waals surface area (Å²) in [5, 5.41) is 4.23. The van der Waals surface area contributed by atoms with Crippen LogP contribution in [0.15, 0.2) is 36.5 Å². The molecular weight excluding hydrogens is 401 g/mol. The summed E-state index contributed by atoms with van der Waals surface area (Å²) in [5.74, 6) is 0.281. The smallest absolute Gasteiger partial charge is 0.164 e. The van der Waals surface area contributed by atoms with Gasteiger partial charge in [0.25, 0.3) is 0 Å². The van der Waals surface area contributed by atoms with E-state index in [-0.39, 0.29) is 17.4 Å². The van der Waals surface area contributed by atoms with Gasteiger partial charge < -0.3 is 10.3 Å². The number of nitrogens with one attached hydrogen (secondary N) is 2. The molecule has 31 heavy (non-hydrogen) atoms. The number of benzene rings is 2. The summed E-state index contributed by atoms with van der Waals surface area (Å²) >= 11 is 0. The van der Waals surface area contributed by atoms with Gasteiger partial charge in [0.2, 0.25) is 0 Å². The molecular formula is C24H21F3N4. The maximum absolute atomic E-state index is 14.8. The Hall–Kier alpha value is -3.09. The number of aromatic nitrogens is 3. The van der Waals surface area contributed by atoms with E-state index in [1.165, 1.54) is 37.8 Å². The van der Waals surface area contributed by atoms with E-state index in [4.69, 9.17) is 0 Å². The van der Waals surface area contributed by atoms with Crippen molar-refractivity contribution in [2.45, 2.75) is 38.1 Å². The van der Waals surface area contributed by atoms with Gasteiger partial charge in [0, 0.05) is 29.3 Å². The molecule has 1 unspecified atom stereocenters. The van der Waals surface area contributed by atoms with Crippen LogP contribution in [0.1, 0.15) is 32.1 Å². The van der Waals surface area contributed by atoms with E-state index in [1.54, 1.807) is 18.3 Å². The van der Waals surface area contributed by atoms with Crippen LogP contribution in [-0.2, 0) is 0 Å². The summed E-state index contributed by atoms with van der Waals surface area (Å²) < 4.78 is 42.9. The van der Waals surface area contributed by atoms with Crippen molar-refractivity contribution in [2.24, 2.45) is 11.8 Å². The van der Waals surface area contributed by atoms with E-state index >= 15 is 0 Å². The molecule has 0 radical (unpaired) electrons. The fourth-order valence-electron chi connectivity index (χ4n) is 5.44. The van der Waals surface area contributed by atoms with Crippen LogP contribution in [0, 0.1) is 29.3 Å². The lowest BCUT2D eigenvalue weighted by atomic mass is 9.68. The lowest BCUT2D eigenvalue weighted by Crippen LogP contribution is -2.40. The van der Waals surface area contributed by atoms with Crippen LogP contribution in [0.2, 0.25) is 0 Å². The van der Waals surface area contributed by atoms with Crippen LogP contribution in [0.5, 0.6) is 0 Å². The van der Waals surface area contributed by atoms with Crippen LogP contribution in [-0.4, -0.2) is 21.0 Å². The molecule has 3 fully saturated rings. The van der Waals surface area contributed by atoms with Gasteiger partial charge in [-0.3, -0.25) is 0 Å². The van der Waals surface area contributed by atoms with Gasteiger partial charge in [-0.2, -0.15) is 0 Å².